The van der Waals surface area contributed by atoms with Gasteiger partial charge in [-0.3, -0.25) is 4.79 Å². The molecule has 0 aromatic heterocycles. The molecule has 0 bridgehead atoms. The predicted molar refractivity (Wildman–Crippen MR) is 51.8 cm³/mol. The van der Waals surface area contributed by atoms with Crippen molar-refractivity contribution < 1.29 is 9.18 Å². The molecule has 74 valence electrons. The van der Waals surface area contributed by atoms with Gasteiger partial charge in [0, 0.05) is 19.2 Å². The first-order chi connectivity index (χ1) is 6.59. The molecule has 14 heavy (non-hydrogen) atoms. The molecule has 1 amide bonds. The van der Waals surface area contributed by atoms with Gasteiger partial charge in [0.1, 0.15) is 5.82 Å². The summed E-state index contributed by atoms with van der Waals surface area (Å²) in [6.07, 6.45) is 0.745. The molecule has 1 aromatic rings. The summed E-state index contributed by atoms with van der Waals surface area (Å²) in [5.74, 6) is -0.226. The normalized spacial score (nSPS) is 15.6. The van der Waals surface area contributed by atoms with Crippen molar-refractivity contribution in [2.75, 3.05) is 13.6 Å². The number of aryl methyl sites for hydroxylation is 1. The van der Waals surface area contributed by atoms with Gasteiger partial charge in [-0.25, -0.2) is 4.39 Å². The quantitative estimate of drug-likeness (QED) is 0.614. The van der Waals surface area contributed by atoms with Gasteiger partial charge >= 0.3 is 0 Å². The SMILES string of the molecule is Cc1cc2c(cc1F)CCN(C)C2=O. The first kappa shape index (κ1) is 9.19. The van der Waals surface area contributed by atoms with E-state index in [1.807, 2.05) is 0 Å². The first-order valence-electron chi connectivity index (χ1n) is 4.64. The van der Waals surface area contributed by atoms with Crippen LogP contribution in [0.4, 0.5) is 4.39 Å². The molecule has 0 spiro atoms. The van der Waals surface area contributed by atoms with Crippen LogP contribution in [-0.4, -0.2) is 24.4 Å². The Bertz CT molecular complexity index is 401. The number of hydrogen-bond acceptors (Lipinski definition) is 1. The number of hydrogen-bond donors (Lipinski definition) is 0. The maximum absolute atomic E-state index is 13.2. The topological polar surface area (TPSA) is 20.3 Å². The van der Waals surface area contributed by atoms with E-state index in [-0.39, 0.29) is 11.7 Å². The van der Waals surface area contributed by atoms with Crippen LogP contribution in [0.15, 0.2) is 12.1 Å². The Kier molecular flexibility index (Phi) is 2.02. The minimum Gasteiger partial charge on any atom is -0.341 e. The third-order valence-corrected chi connectivity index (χ3v) is 2.68. The largest absolute Gasteiger partial charge is 0.341 e. The molecule has 1 heterocycles. The third-order valence-electron chi connectivity index (χ3n) is 2.68. The van der Waals surface area contributed by atoms with Crippen molar-refractivity contribution in [2.24, 2.45) is 0 Å². The number of fused-ring (bicyclic) bond motifs is 1. The van der Waals surface area contributed by atoms with E-state index in [9.17, 15) is 9.18 Å². The van der Waals surface area contributed by atoms with Crippen LogP contribution < -0.4 is 0 Å². The molecular weight excluding hydrogens is 181 g/mol. The van der Waals surface area contributed by atoms with Crippen molar-refractivity contribution in [1.82, 2.24) is 4.90 Å². The van der Waals surface area contributed by atoms with Gasteiger partial charge in [-0.15, -0.1) is 0 Å². The Morgan fingerprint density at radius 2 is 2.14 bits per heavy atom. The number of halogens is 1. The Morgan fingerprint density at radius 3 is 2.86 bits per heavy atom. The summed E-state index contributed by atoms with van der Waals surface area (Å²) in [6.45, 7) is 2.35. The van der Waals surface area contributed by atoms with E-state index in [0.29, 0.717) is 17.7 Å². The molecule has 0 unspecified atom stereocenters. The second-order valence-corrected chi connectivity index (χ2v) is 3.74. The van der Waals surface area contributed by atoms with Gasteiger partial charge in [0.15, 0.2) is 0 Å². The molecule has 1 aliphatic rings. The highest BCUT2D eigenvalue weighted by Crippen LogP contribution is 2.21. The molecule has 0 radical (unpaired) electrons. The summed E-state index contributed by atoms with van der Waals surface area (Å²) in [5, 5.41) is 0. The van der Waals surface area contributed by atoms with E-state index in [1.165, 1.54) is 6.07 Å². The molecule has 1 aromatic carbocycles. The molecule has 0 N–H and O–H groups in total. The monoisotopic (exact) mass is 193 g/mol. The van der Waals surface area contributed by atoms with Crippen molar-refractivity contribution in [3.63, 3.8) is 0 Å². The number of benzene rings is 1. The van der Waals surface area contributed by atoms with Crippen molar-refractivity contribution in [2.45, 2.75) is 13.3 Å². The molecular formula is C11H12FNO. The maximum atomic E-state index is 13.2. The van der Waals surface area contributed by atoms with Gasteiger partial charge in [0.05, 0.1) is 0 Å². The zero-order valence-electron chi connectivity index (χ0n) is 8.30. The van der Waals surface area contributed by atoms with Crippen LogP contribution in [0.5, 0.6) is 0 Å². The number of carbonyl (C=O) groups excluding carboxylic acids is 1. The fourth-order valence-electron chi connectivity index (χ4n) is 1.72. The summed E-state index contributed by atoms with van der Waals surface area (Å²) in [5.41, 5.74) is 2.02. The van der Waals surface area contributed by atoms with Crippen molar-refractivity contribution in [3.8, 4) is 0 Å². The second kappa shape index (κ2) is 3.08. The lowest BCUT2D eigenvalue weighted by molar-refractivity contribution is 0.0780. The fourth-order valence-corrected chi connectivity index (χ4v) is 1.72. The third kappa shape index (κ3) is 1.29. The number of nitrogens with zero attached hydrogens (tertiary/aromatic N) is 1. The van der Waals surface area contributed by atoms with E-state index < -0.39 is 0 Å². The minimum atomic E-state index is -0.221. The summed E-state index contributed by atoms with van der Waals surface area (Å²) in [7, 11) is 1.77. The number of amides is 1. The molecule has 0 fully saturated rings. The summed E-state index contributed by atoms with van der Waals surface area (Å²) in [4.78, 5) is 13.3. The van der Waals surface area contributed by atoms with Crippen molar-refractivity contribution in [1.29, 1.82) is 0 Å². The standard InChI is InChI=1S/C11H12FNO/c1-7-5-9-8(6-10(7)12)3-4-13(2)11(9)14/h5-6H,3-4H2,1-2H3. The Labute approximate surface area is 82.3 Å². The van der Waals surface area contributed by atoms with Crippen LogP contribution in [0.2, 0.25) is 0 Å². The summed E-state index contributed by atoms with van der Waals surface area (Å²) in [6, 6.07) is 3.12. The van der Waals surface area contributed by atoms with E-state index in [4.69, 9.17) is 0 Å². The highest BCUT2D eigenvalue weighted by atomic mass is 19.1. The van der Waals surface area contributed by atoms with Gasteiger partial charge in [0.2, 0.25) is 0 Å². The zero-order chi connectivity index (χ0) is 10.3. The van der Waals surface area contributed by atoms with Gasteiger partial charge in [0.25, 0.3) is 5.91 Å². The number of rotatable bonds is 0. The average molecular weight is 193 g/mol. The second-order valence-electron chi connectivity index (χ2n) is 3.74. The minimum absolute atomic E-state index is 0.00523. The van der Waals surface area contributed by atoms with Crippen LogP contribution in [0.1, 0.15) is 21.5 Å². The highest BCUT2D eigenvalue weighted by molar-refractivity contribution is 5.96. The van der Waals surface area contributed by atoms with Crippen molar-refractivity contribution >= 4 is 5.91 Å². The molecule has 0 atom stereocenters. The average Bonchev–Trinajstić information content (AvgIpc) is 2.15. The van der Waals surface area contributed by atoms with Crippen LogP contribution >= 0.6 is 0 Å². The van der Waals surface area contributed by atoms with E-state index in [1.54, 1.807) is 24.9 Å². The summed E-state index contributed by atoms with van der Waals surface area (Å²) < 4.78 is 13.2. The van der Waals surface area contributed by atoms with Gasteiger partial charge < -0.3 is 4.90 Å². The van der Waals surface area contributed by atoms with Gasteiger partial charge in [-0.1, -0.05) is 0 Å². The number of carbonyl (C=O) groups is 1. The van der Waals surface area contributed by atoms with E-state index in [2.05, 4.69) is 0 Å². The van der Waals surface area contributed by atoms with Gasteiger partial charge in [-0.05, 0) is 36.6 Å². The smallest absolute Gasteiger partial charge is 0.253 e. The molecule has 1 aliphatic heterocycles. The summed E-state index contributed by atoms with van der Waals surface area (Å²) >= 11 is 0. The first-order valence-corrected chi connectivity index (χ1v) is 4.64. The van der Waals surface area contributed by atoms with Crippen LogP contribution in [0.3, 0.4) is 0 Å². The molecule has 2 rings (SSSR count). The lowest BCUT2D eigenvalue weighted by Gasteiger charge is -2.25. The van der Waals surface area contributed by atoms with Crippen LogP contribution in [-0.2, 0) is 6.42 Å². The maximum Gasteiger partial charge on any atom is 0.253 e. The highest BCUT2D eigenvalue weighted by Gasteiger charge is 2.22. The van der Waals surface area contributed by atoms with Crippen LogP contribution in [0, 0.1) is 12.7 Å². The lowest BCUT2D eigenvalue weighted by atomic mass is 9.97. The fraction of sp³-hybridized carbons (Fsp3) is 0.364. The molecule has 2 nitrogen and oxygen atoms in total. The molecule has 3 heteroatoms. The zero-order valence-corrected chi connectivity index (χ0v) is 8.30. The van der Waals surface area contributed by atoms with E-state index >= 15 is 0 Å². The molecule has 0 saturated carbocycles. The number of likely N-dealkylation sites (N-methyl/N-ethyl adjacent to an activating group) is 1. The Hall–Kier alpha value is -1.38. The Balaban J connectivity index is 2.56. The van der Waals surface area contributed by atoms with E-state index in [0.717, 1.165) is 12.0 Å². The lowest BCUT2D eigenvalue weighted by Crippen LogP contribution is -2.34. The van der Waals surface area contributed by atoms with Crippen LogP contribution in [0.25, 0.3) is 0 Å². The van der Waals surface area contributed by atoms with Gasteiger partial charge in [-0.2, -0.15) is 0 Å². The Morgan fingerprint density at radius 1 is 1.43 bits per heavy atom. The predicted octanol–water partition coefficient (Wildman–Crippen LogP) is 1.76. The van der Waals surface area contributed by atoms with Crippen molar-refractivity contribution in [3.05, 3.63) is 34.6 Å². The molecule has 0 saturated heterocycles. The molecule has 0 aliphatic carbocycles.